The highest BCUT2D eigenvalue weighted by molar-refractivity contribution is 5.98. The van der Waals surface area contributed by atoms with Crippen LogP contribution in [0.1, 0.15) is 31.9 Å². The molecular formula is C39H30F3N3O. The summed E-state index contributed by atoms with van der Waals surface area (Å²) in [6.45, 7) is 6.49. The lowest BCUT2D eigenvalue weighted by Crippen LogP contribution is -2.11. The number of aromatic hydroxyl groups is 1. The number of halogens is 3. The Kier molecular flexibility index (Phi) is 6.93. The molecule has 0 fully saturated rings. The topological polar surface area (TPSA) is 50.9 Å². The Hall–Kier alpha value is -5.43. The molecule has 1 N–H and O–H groups in total. The summed E-state index contributed by atoms with van der Waals surface area (Å²) in [4.78, 5) is 9.61. The third-order valence-corrected chi connectivity index (χ3v) is 8.33. The first-order valence-corrected chi connectivity index (χ1v) is 15.0. The van der Waals surface area contributed by atoms with Gasteiger partial charge >= 0.3 is 6.18 Å². The molecule has 0 saturated heterocycles. The molecule has 2 aromatic heterocycles. The maximum Gasteiger partial charge on any atom is 0.416 e. The monoisotopic (exact) mass is 613 g/mol. The molecule has 0 saturated carbocycles. The standard InChI is InChI=1S/C39H30F3N3O/c1-38(2,3)27-16-18-29(19-17-27)45-33-14-7-13-31(30-12-4-5-15-34(30)46)36(33)44-37(45)26-10-6-9-24(21-26)32-23-28(39(40,41)42)22-25-11-8-20-43-35(25)32/h4-23,46H,1-3H3. The van der Waals surface area contributed by atoms with Crippen molar-refractivity contribution in [2.75, 3.05) is 0 Å². The van der Waals surface area contributed by atoms with Crippen LogP contribution in [-0.4, -0.2) is 19.6 Å². The summed E-state index contributed by atoms with van der Waals surface area (Å²) >= 11 is 0. The van der Waals surface area contributed by atoms with Gasteiger partial charge in [0.05, 0.1) is 22.1 Å². The van der Waals surface area contributed by atoms with Crippen LogP contribution in [-0.2, 0) is 11.6 Å². The lowest BCUT2D eigenvalue weighted by molar-refractivity contribution is -0.137. The van der Waals surface area contributed by atoms with Gasteiger partial charge in [0.2, 0.25) is 0 Å². The van der Waals surface area contributed by atoms with Crippen LogP contribution in [0.2, 0.25) is 0 Å². The van der Waals surface area contributed by atoms with E-state index in [1.165, 1.54) is 11.6 Å². The SMILES string of the molecule is CC(C)(C)c1ccc(-n2c(-c3cccc(-c4cc(C(F)(F)F)cc5cccnc45)c3)nc3c(-c4ccccc4O)cccc32)cc1. The molecule has 0 bridgehead atoms. The van der Waals surface area contributed by atoms with E-state index in [1.807, 2.05) is 48.5 Å². The molecule has 0 spiro atoms. The third-order valence-electron chi connectivity index (χ3n) is 8.33. The summed E-state index contributed by atoms with van der Waals surface area (Å²) in [6, 6.07) is 34.3. The molecule has 228 valence electrons. The third kappa shape index (κ3) is 5.17. The number of imidazole rings is 1. The fourth-order valence-electron chi connectivity index (χ4n) is 5.99. The van der Waals surface area contributed by atoms with Crippen LogP contribution in [0.25, 0.3) is 61.3 Å². The zero-order valence-electron chi connectivity index (χ0n) is 25.5. The van der Waals surface area contributed by atoms with Crippen LogP contribution >= 0.6 is 0 Å². The first kappa shape index (κ1) is 29.3. The molecule has 0 amide bonds. The van der Waals surface area contributed by atoms with Gasteiger partial charge in [-0.2, -0.15) is 13.2 Å². The van der Waals surface area contributed by atoms with Crippen molar-refractivity contribution in [2.45, 2.75) is 32.4 Å². The van der Waals surface area contributed by atoms with Gasteiger partial charge in [-0.25, -0.2) is 4.98 Å². The molecule has 0 atom stereocenters. The smallest absolute Gasteiger partial charge is 0.416 e. The van der Waals surface area contributed by atoms with Crippen molar-refractivity contribution in [1.82, 2.24) is 14.5 Å². The highest BCUT2D eigenvalue weighted by atomic mass is 19.4. The minimum Gasteiger partial charge on any atom is -0.507 e. The van der Waals surface area contributed by atoms with Crippen molar-refractivity contribution in [3.63, 3.8) is 0 Å². The fraction of sp³-hybridized carbons (Fsp3) is 0.128. The number of aromatic nitrogens is 3. The molecule has 5 aromatic carbocycles. The van der Waals surface area contributed by atoms with E-state index in [0.717, 1.165) is 28.4 Å². The molecule has 7 aromatic rings. The van der Waals surface area contributed by atoms with Gasteiger partial charge in [-0.15, -0.1) is 0 Å². The number of para-hydroxylation sites is 2. The lowest BCUT2D eigenvalue weighted by atomic mass is 9.87. The molecular weight excluding hydrogens is 583 g/mol. The zero-order valence-corrected chi connectivity index (χ0v) is 25.5. The number of nitrogens with zero attached hydrogens (tertiary/aromatic N) is 3. The van der Waals surface area contributed by atoms with Crippen LogP contribution in [0, 0.1) is 0 Å². The summed E-state index contributed by atoms with van der Waals surface area (Å²) in [7, 11) is 0. The molecule has 2 heterocycles. The molecule has 0 unspecified atom stereocenters. The number of benzene rings is 5. The Morgan fingerprint density at radius 3 is 2.09 bits per heavy atom. The summed E-state index contributed by atoms with van der Waals surface area (Å²) < 4.78 is 44.0. The first-order valence-electron chi connectivity index (χ1n) is 15.0. The predicted octanol–water partition coefficient (Wildman–Crippen LogP) is 10.6. The first-order chi connectivity index (χ1) is 22.0. The number of phenols is 1. The zero-order chi connectivity index (χ0) is 32.2. The number of alkyl halides is 3. The average Bonchev–Trinajstić information content (AvgIpc) is 3.44. The number of rotatable bonds is 4. The Labute approximate surface area is 264 Å². The predicted molar refractivity (Wildman–Crippen MR) is 178 cm³/mol. The summed E-state index contributed by atoms with van der Waals surface area (Å²) in [5.41, 5.74) is 6.44. The van der Waals surface area contributed by atoms with E-state index in [0.29, 0.717) is 38.9 Å². The van der Waals surface area contributed by atoms with Gasteiger partial charge in [-0.3, -0.25) is 9.55 Å². The average molecular weight is 614 g/mol. The maximum absolute atomic E-state index is 14.0. The van der Waals surface area contributed by atoms with Crippen molar-refractivity contribution in [1.29, 1.82) is 0 Å². The van der Waals surface area contributed by atoms with Gasteiger partial charge in [0.1, 0.15) is 11.6 Å². The van der Waals surface area contributed by atoms with Crippen LogP contribution in [0.3, 0.4) is 0 Å². The van der Waals surface area contributed by atoms with Crippen molar-refractivity contribution < 1.29 is 18.3 Å². The van der Waals surface area contributed by atoms with Crippen LogP contribution in [0.15, 0.2) is 121 Å². The number of fused-ring (bicyclic) bond motifs is 2. The van der Waals surface area contributed by atoms with Gasteiger partial charge in [0.25, 0.3) is 0 Å². The van der Waals surface area contributed by atoms with E-state index in [1.54, 1.807) is 36.5 Å². The molecule has 46 heavy (non-hydrogen) atoms. The highest BCUT2D eigenvalue weighted by Crippen LogP contribution is 2.40. The second kappa shape index (κ2) is 10.9. The Morgan fingerprint density at radius 1 is 0.630 bits per heavy atom. The molecule has 7 rings (SSSR count). The van der Waals surface area contributed by atoms with Crippen molar-refractivity contribution in [3.05, 3.63) is 133 Å². The number of hydrogen-bond acceptors (Lipinski definition) is 3. The maximum atomic E-state index is 14.0. The quantitative estimate of drug-likeness (QED) is 0.215. The fourth-order valence-corrected chi connectivity index (χ4v) is 5.99. The summed E-state index contributed by atoms with van der Waals surface area (Å²) in [5, 5.41) is 11.2. The molecule has 4 nitrogen and oxygen atoms in total. The Balaban J connectivity index is 1.48. The Bertz CT molecular complexity index is 2240. The number of pyridine rings is 1. The van der Waals surface area contributed by atoms with Crippen molar-refractivity contribution in [2.24, 2.45) is 0 Å². The highest BCUT2D eigenvalue weighted by Gasteiger charge is 2.32. The molecule has 0 radical (unpaired) electrons. The van der Waals surface area contributed by atoms with Gasteiger partial charge in [0.15, 0.2) is 0 Å². The normalized spacial score (nSPS) is 12.2. The van der Waals surface area contributed by atoms with Crippen LogP contribution in [0.5, 0.6) is 5.75 Å². The summed E-state index contributed by atoms with van der Waals surface area (Å²) in [6.07, 6.45) is -2.92. The van der Waals surface area contributed by atoms with E-state index in [9.17, 15) is 18.3 Å². The van der Waals surface area contributed by atoms with E-state index in [2.05, 4.69) is 54.6 Å². The van der Waals surface area contributed by atoms with E-state index in [-0.39, 0.29) is 11.2 Å². The largest absolute Gasteiger partial charge is 0.507 e. The van der Waals surface area contributed by atoms with E-state index < -0.39 is 11.7 Å². The lowest BCUT2D eigenvalue weighted by Gasteiger charge is -2.20. The molecule has 0 aliphatic rings. The van der Waals surface area contributed by atoms with Crippen LogP contribution in [0.4, 0.5) is 13.2 Å². The minimum atomic E-state index is -4.51. The molecule has 0 aliphatic carbocycles. The second-order valence-corrected chi connectivity index (χ2v) is 12.4. The number of phenolic OH excluding ortho intramolecular Hbond substituents is 1. The van der Waals surface area contributed by atoms with E-state index in [4.69, 9.17) is 4.98 Å². The minimum absolute atomic E-state index is 0.0353. The van der Waals surface area contributed by atoms with Gasteiger partial charge in [-0.05, 0) is 65.1 Å². The van der Waals surface area contributed by atoms with Crippen molar-refractivity contribution >= 4 is 21.9 Å². The van der Waals surface area contributed by atoms with E-state index >= 15 is 0 Å². The van der Waals surface area contributed by atoms with Gasteiger partial charge < -0.3 is 5.11 Å². The number of hydrogen-bond donors (Lipinski definition) is 1. The molecule has 7 heteroatoms. The molecule has 0 aliphatic heterocycles. The summed E-state index contributed by atoms with van der Waals surface area (Å²) in [5.74, 6) is 0.763. The van der Waals surface area contributed by atoms with Gasteiger partial charge in [0, 0.05) is 39.5 Å². The Morgan fingerprint density at radius 2 is 1.35 bits per heavy atom. The van der Waals surface area contributed by atoms with Crippen molar-refractivity contribution in [3.8, 4) is 45.1 Å². The second-order valence-electron chi connectivity index (χ2n) is 12.4. The van der Waals surface area contributed by atoms with Crippen LogP contribution < -0.4 is 0 Å². The van der Waals surface area contributed by atoms with Gasteiger partial charge in [-0.1, -0.05) is 87.5 Å².